The van der Waals surface area contributed by atoms with E-state index in [-0.39, 0.29) is 49.2 Å². The van der Waals surface area contributed by atoms with Crippen LogP contribution in [0.25, 0.3) is 0 Å². The third kappa shape index (κ3) is 9.06. The van der Waals surface area contributed by atoms with Crippen LogP contribution in [0.3, 0.4) is 0 Å². The van der Waals surface area contributed by atoms with Gasteiger partial charge >= 0.3 is 16.3 Å². The van der Waals surface area contributed by atoms with E-state index in [1.807, 2.05) is 0 Å². The van der Waals surface area contributed by atoms with E-state index >= 15 is 0 Å². The van der Waals surface area contributed by atoms with E-state index in [0.29, 0.717) is 12.1 Å². The highest BCUT2D eigenvalue weighted by atomic mass is 32.5. The highest BCUT2D eigenvalue weighted by Gasteiger charge is 2.65. The zero-order valence-corrected chi connectivity index (χ0v) is 26.9. The van der Waals surface area contributed by atoms with Gasteiger partial charge in [0.15, 0.2) is 0 Å². The van der Waals surface area contributed by atoms with E-state index in [1.54, 1.807) is 20.8 Å². The Labute approximate surface area is 267 Å². The summed E-state index contributed by atoms with van der Waals surface area (Å²) >= 11 is 0. The molecule has 2 aliphatic rings. The van der Waals surface area contributed by atoms with Gasteiger partial charge < -0.3 is 14.8 Å². The number of amides is 3. The molecule has 1 aliphatic carbocycles. The first-order chi connectivity index (χ1) is 21.5. The average Bonchev–Trinajstić information content (AvgIpc) is 3.40. The lowest BCUT2D eigenvalue weighted by Gasteiger charge is -2.41. The van der Waals surface area contributed by atoms with Crippen LogP contribution < -0.4 is 10.2 Å². The van der Waals surface area contributed by atoms with Gasteiger partial charge in [-0.05, 0) is 63.9 Å². The first kappa shape index (κ1) is 36.2. The smallest absolute Gasteiger partial charge is 0.411 e. The van der Waals surface area contributed by atoms with Crippen molar-refractivity contribution >= 4 is 33.8 Å². The molecule has 1 aliphatic heterocycles. The van der Waals surface area contributed by atoms with Gasteiger partial charge in [-0.3, -0.25) is 24.4 Å². The summed E-state index contributed by atoms with van der Waals surface area (Å²) in [5, 5.41) is 2.67. The molecule has 1 unspecified atom stereocenters. The maximum absolute atomic E-state index is 14.6. The monoisotopic (exact) mass is 698 g/mol. The van der Waals surface area contributed by atoms with Gasteiger partial charge in [-0.15, -0.1) is 0 Å². The lowest BCUT2D eigenvalue weighted by atomic mass is 9.91. The van der Waals surface area contributed by atoms with Crippen molar-refractivity contribution < 1.29 is 52.1 Å². The molecule has 0 radical (unpaired) electrons. The Balaban J connectivity index is 1.83. The zero-order chi connectivity index (χ0) is 35.1. The van der Waals surface area contributed by atoms with Crippen LogP contribution in [-0.2, 0) is 19.1 Å². The Morgan fingerprint density at radius 3 is 2.17 bits per heavy atom. The molecule has 17 heteroatoms. The van der Waals surface area contributed by atoms with Crippen molar-refractivity contribution in [2.24, 2.45) is 0 Å². The number of anilines is 1. The molecule has 2 heterocycles. The second-order valence-electron chi connectivity index (χ2n) is 12.7. The molecule has 1 saturated carbocycles. The van der Waals surface area contributed by atoms with Crippen molar-refractivity contribution in [2.45, 2.75) is 93.5 Å². The number of methoxy groups -OCH3 is 1. The van der Waals surface area contributed by atoms with Crippen molar-refractivity contribution in [2.75, 3.05) is 18.6 Å². The Kier molecular flexibility index (Phi) is 9.35. The Hall–Kier alpha value is -3.60. The van der Waals surface area contributed by atoms with Crippen LogP contribution in [-0.4, -0.2) is 71.2 Å². The largest absolute Gasteiger partial charge is 0.444 e. The average molecular weight is 699 g/mol. The Morgan fingerprint density at radius 1 is 1.04 bits per heavy atom. The number of hydrogen-bond acceptors (Lipinski definition) is 6. The van der Waals surface area contributed by atoms with Crippen LogP contribution in [0.15, 0.2) is 53.7 Å². The van der Waals surface area contributed by atoms with Crippen LogP contribution in [0, 0.1) is 0 Å². The number of nitrogens with one attached hydrogen (secondary N) is 1. The molecule has 3 atom stereocenters. The number of carbonyl (C=O) groups is 3. The van der Waals surface area contributed by atoms with E-state index in [4.69, 9.17) is 9.47 Å². The topological polar surface area (TPSA) is 101 Å². The van der Waals surface area contributed by atoms with Crippen molar-refractivity contribution in [3.8, 4) is 0 Å². The number of likely N-dealkylation sites (tertiary alicyclic amines) is 1. The van der Waals surface area contributed by atoms with E-state index in [9.17, 15) is 42.6 Å². The van der Waals surface area contributed by atoms with Crippen molar-refractivity contribution in [1.82, 2.24) is 15.2 Å². The SMILES string of the molecule is CO[C@@H]1C[C@H](C(=O)N(c2ccc(S(F)(F)(F)(F)F)cc2)C(C(=O)NC2CCC(F)(F)CC2)c2cccnc2)N(C(=O)OC(C)(C)C)C1. The normalized spacial score (nSPS) is 22.5. The summed E-state index contributed by atoms with van der Waals surface area (Å²) in [4.78, 5) is 45.4. The molecule has 2 fully saturated rings. The fraction of sp³-hybridized carbons (Fsp3) is 0.533. The summed E-state index contributed by atoms with van der Waals surface area (Å²) in [7, 11) is -8.78. The molecule has 1 saturated heterocycles. The molecule has 2 aromatic rings. The number of hydrogen-bond donors (Lipinski definition) is 1. The van der Waals surface area contributed by atoms with Crippen LogP contribution in [0.1, 0.15) is 64.5 Å². The Morgan fingerprint density at radius 2 is 1.66 bits per heavy atom. The molecule has 0 spiro atoms. The van der Waals surface area contributed by atoms with Crippen molar-refractivity contribution in [3.63, 3.8) is 0 Å². The standard InChI is InChI=1S/C30H37F7N4O5S/c1-29(2,3)46-28(44)40-18-22(45-4)16-24(40)27(43)41(21-7-9-23(10-8-21)47(33,34,35,36)37)25(19-6-5-15-38-17-19)26(42)39-20-11-13-30(31,32)14-12-20/h5-10,15,17,20,22,24-25H,11-14,16,18H2,1-4H3,(H,39,42)/t22-,24-,25?/m1/s1. The van der Waals surface area contributed by atoms with Gasteiger partial charge in [0.2, 0.25) is 11.8 Å². The first-order valence-corrected chi connectivity index (χ1v) is 16.7. The summed E-state index contributed by atoms with van der Waals surface area (Å²) in [6.07, 6.45) is -0.277. The fourth-order valence-electron chi connectivity index (χ4n) is 5.57. The number of carbonyl (C=O) groups excluding carboxylic acids is 3. The molecular formula is C30H37F7N4O5S. The third-order valence-corrected chi connectivity index (χ3v) is 9.04. The molecular weight excluding hydrogens is 661 g/mol. The minimum absolute atomic E-state index is 0.0707. The maximum atomic E-state index is 14.6. The van der Waals surface area contributed by atoms with Gasteiger partial charge in [-0.2, -0.15) is 0 Å². The highest BCUT2D eigenvalue weighted by Crippen LogP contribution is 3.02. The number of alkyl halides is 2. The number of pyridine rings is 1. The highest BCUT2D eigenvalue weighted by molar-refractivity contribution is 8.45. The molecule has 0 bridgehead atoms. The quantitative estimate of drug-likeness (QED) is 0.286. The van der Waals surface area contributed by atoms with Crippen LogP contribution in [0.4, 0.5) is 38.7 Å². The molecule has 1 aromatic heterocycles. The molecule has 1 N–H and O–H groups in total. The van der Waals surface area contributed by atoms with E-state index < -0.39 is 81.6 Å². The zero-order valence-electron chi connectivity index (χ0n) is 26.1. The van der Waals surface area contributed by atoms with Gasteiger partial charge in [0, 0.05) is 56.1 Å². The molecule has 3 amide bonds. The number of rotatable bonds is 8. The lowest BCUT2D eigenvalue weighted by Crippen LogP contribution is -2.54. The van der Waals surface area contributed by atoms with Crippen molar-refractivity contribution in [3.05, 3.63) is 54.4 Å². The van der Waals surface area contributed by atoms with Crippen LogP contribution in [0.2, 0.25) is 0 Å². The summed E-state index contributed by atoms with van der Waals surface area (Å²) in [5.41, 5.74) is -1.29. The molecule has 1 aromatic carbocycles. The van der Waals surface area contributed by atoms with Gasteiger partial charge in [0.1, 0.15) is 22.6 Å². The minimum Gasteiger partial charge on any atom is -0.444 e. The molecule has 47 heavy (non-hydrogen) atoms. The summed E-state index contributed by atoms with van der Waals surface area (Å²) in [6, 6.07) is 0.544. The number of halogens is 7. The number of nitrogens with zero attached hydrogens (tertiary/aromatic N) is 3. The van der Waals surface area contributed by atoms with E-state index in [2.05, 4.69) is 10.3 Å². The van der Waals surface area contributed by atoms with Crippen LogP contribution >= 0.6 is 10.2 Å². The third-order valence-electron chi connectivity index (χ3n) is 7.88. The van der Waals surface area contributed by atoms with Gasteiger partial charge in [-0.1, -0.05) is 25.5 Å². The van der Waals surface area contributed by atoms with Gasteiger partial charge in [0.05, 0.1) is 12.6 Å². The second kappa shape index (κ2) is 12.1. The summed E-state index contributed by atoms with van der Waals surface area (Å²) < 4.78 is 107. The number of benzene rings is 1. The van der Waals surface area contributed by atoms with E-state index in [0.717, 1.165) is 9.80 Å². The molecule has 262 valence electrons. The number of aromatic nitrogens is 1. The molecule has 9 nitrogen and oxygen atoms in total. The second-order valence-corrected chi connectivity index (χ2v) is 15.2. The van der Waals surface area contributed by atoms with Gasteiger partial charge in [0.25, 0.3) is 5.91 Å². The van der Waals surface area contributed by atoms with E-state index in [1.165, 1.54) is 31.6 Å². The van der Waals surface area contributed by atoms with Crippen LogP contribution in [0.5, 0.6) is 0 Å². The predicted octanol–water partition coefficient (Wildman–Crippen LogP) is 7.53. The maximum Gasteiger partial charge on any atom is 0.411 e. The fourth-order valence-corrected chi connectivity index (χ4v) is 6.22. The number of ether oxygens (including phenoxy) is 2. The Bertz CT molecular complexity index is 1470. The van der Waals surface area contributed by atoms with Gasteiger partial charge in [-0.25, -0.2) is 13.6 Å². The molecule has 4 rings (SSSR count). The first-order valence-electron chi connectivity index (χ1n) is 14.8. The minimum atomic E-state index is -10.1. The van der Waals surface area contributed by atoms with Crippen molar-refractivity contribution in [1.29, 1.82) is 0 Å². The summed E-state index contributed by atoms with van der Waals surface area (Å²) in [5.74, 6) is -4.76. The summed E-state index contributed by atoms with van der Waals surface area (Å²) in [6.45, 7) is 4.69. The predicted molar refractivity (Wildman–Crippen MR) is 160 cm³/mol. The lowest BCUT2D eigenvalue weighted by molar-refractivity contribution is -0.129.